The van der Waals surface area contributed by atoms with Gasteiger partial charge in [-0.2, -0.15) is 13.2 Å². The van der Waals surface area contributed by atoms with Gasteiger partial charge >= 0.3 is 6.18 Å². The average molecular weight is 197 g/mol. The largest absolute Gasteiger partial charge is 0.390 e. The van der Waals surface area contributed by atoms with Gasteiger partial charge in [0.05, 0.1) is 6.42 Å². The topological polar surface area (TPSA) is 12.0 Å². The van der Waals surface area contributed by atoms with Crippen molar-refractivity contribution in [2.75, 3.05) is 6.54 Å². The zero-order chi connectivity index (χ0) is 10.5. The Morgan fingerprint density at radius 1 is 1.08 bits per heavy atom. The maximum Gasteiger partial charge on any atom is 0.390 e. The monoisotopic (exact) mass is 197 g/mol. The van der Waals surface area contributed by atoms with Crippen molar-refractivity contribution in [1.29, 1.82) is 0 Å². The van der Waals surface area contributed by atoms with Gasteiger partial charge < -0.3 is 5.32 Å². The van der Waals surface area contributed by atoms with E-state index in [4.69, 9.17) is 0 Å². The molecule has 0 bridgehead atoms. The molecule has 0 heterocycles. The molecule has 0 spiro atoms. The van der Waals surface area contributed by atoms with Gasteiger partial charge in [-0.3, -0.25) is 0 Å². The van der Waals surface area contributed by atoms with Gasteiger partial charge in [-0.05, 0) is 19.8 Å². The molecular weight excluding hydrogens is 179 g/mol. The first-order valence-electron chi connectivity index (χ1n) is 4.65. The van der Waals surface area contributed by atoms with Crippen molar-refractivity contribution in [2.24, 2.45) is 0 Å². The fourth-order valence-corrected chi connectivity index (χ4v) is 1.01. The van der Waals surface area contributed by atoms with Crippen LogP contribution in [0.15, 0.2) is 0 Å². The molecule has 0 amide bonds. The minimum absolute atomic E-state index is 0.0156. The lowest BCUT2D eigenvalue weighted by molar-refractivity contribution is -0.134. The minimum Gasteiger partial charge on any atom is -0.311 e. The highest BCUT2D eigenvalue weighted by molar-refractivity contribution is 4.79. The van der Waals surface area contributed by atoms with E-state index < -0.39 is 12.6 Å². The van der Waals surface area contributed by atoms with Crippen molar-refractivity contribution in [3.63, 3.8) is 0 Å². The molecule has 1 N–H and O–H groups in total. The summed E-state index contributed by atoms with van der Waals surface area (Å²) in [5, 5.41) is 2.93. The van der Waals surface area contributed by atoms with Crippen LogP contribution in [0, 0.1) is 0 Å². The lowest BCUT2D eigenvalue weighted by Gasteiger charge is -2.28. The molecule has 0 saturated heterocycles. The van der Waals surface area contributed by atoms with Crippen molar-refractivity contribution in [1.82, 2.24) is 5.32 Å². The van der Waals surface area contributed by atoms with E-state index in [9.17, 15) is 13.2 Å². The van der Waals surface area contributed by atoms with Gasteiger partial charge in [0.25, 0.3) is 0 Å². The summed E-state index contributed by atoms with van der Waals surface area (Å²) >= 11 is 0. The standard InChI is InChI=1S/C9H18F3N/c1-4-8(3,5-2)13-7-6-9(10,11)12/h13H,4-7H2,1-3H3. The van der Waals surface area contributed by atoms with Crippen molar-refractivity contribution in [3.05, 3.63) is 0 Å². The predicted octanol–water partition coefficient (Wildman–Crippen LogP) is 3.11. The van der Waals surface area contributed by atoms with E-state index in [1.165, 1.54) is 0 Å². The van der Waals surface area contributed by atoms with Crippen LogP contribution in [0.4, 0.5) is 13.2 Å². The van der Waals surface area contributed by atoms with E-state index in [2.05, 4.69) is 5.32 Å². The maximum atomic E-state index is 11.8. The highest BCUT2D eigenvalue weighted by Gasteiger charge is 2.28. The molecule has 4 heteroatoms. The molecule has 1 nitrogen and oxygen atoms in total. The van der Waals surface area contributed by atoms with E-state index in [1.54, 1.807) is 0 Å². The molecule has 0 radical (unpaired) electrons. The molecule has 0 aromatic rings. The zero-order valence-electron chi connectivity index (χ0n) is 8.46. The Balaban J connectivity index is 3.74. The van der Waals surface area contributed by atoms with Crippen molar-refractivity contribution < 1.29 is 13.2 Å². The fraction of sp³-hybridized carbons (Fsp3) is 1.00. The van der Waals surface area contributed by atoms with Crippen LogP contribution >= 0.6 is 0 Å². The van der Waals surface area contributed by atoms with E-state index >= 15 is 0 Å². The number of halogens is 3. The van der Waals surface area contributed by atoms with Gasteiger partial charge in [-0.25, -0.2) is 0 Å². The minimum atomic E-state index is -4.05. The summed E-state index contributed by atoms with van der Waals surface area (Å²) in [6, 6.07) is 0. The van der Waals surface area contributed by atoms with Gasteiger partial charge in [0.2, 0.25) is 0 Å². The smallest absolute Gasteiger partial charge is 0.311 e. The SMILES string of the molecule is CCC(C)(CC)NCCC(F)(F)F. The maximum absolute atomic E-state index is 11.8. The summed E-state index contributed by atoms with van der Waals surface area (Å²) in [7, 11) is 0. The number of hydrogen-bond acceptors (Lipinski definition) is 1. The highest BCUT2D eigenvalue weighted by atomic mass is 19.4. The Morgan fingerprint density at radius 3 is 1.85 bits per heavy atom. The quantitative estimate of drug-likeness (QED) is 0.714. The van der Waals surface area contributed by atoms with Gasteiger partial charge in [0.15, 0.2) is 0 Å². The highest BCUT2D eigenvalue weighted by Crippen LogP contribution is 2.20. The Labute approximate surface area is 77.7 Å². The third-order valence-electron chi connectivity index (χ3n) is 2.52. The summed E-state index contributed by atoms with van der Waals surface area (Å²) in [4.78, 5) is 0. The third kappa shape index (κ3) is 5.91. The molecule has 0 atom stereocenters. The van der Waals surface area contributed by atoms with Gasteiger partial charge in [0, 0.05) is 12.1 Å². The average Bonchev–Trinajstić information content (AvgIpc) is 2.02. The summed E-state index contributed by atoms with van der Waals surface area (Å²) in [6.07, 6.45) is -3.10. The molecule has 0 aromatic heterocycles. The molecule has 0 saturated carbocycles. The normalized spacial score (nSPS) is 13.4. The third-order valence-corrected chi connectivity index (χ3v) is 2.52. The number of hydrogen-bond donors (Lipinski definition) is 1. The van der Waals surface area contributed by atoms with Crippen LogP contribution in [0.5, 0.6) is 0 Å². The van der Waals surface area contributed by atoms with Crippen LogP contribution in [0.3, 0.4) is 0 Å². The molecule has 0 aliphatic rings. The molecule has 0 aromatic carbocycles. The van der Waals surface area contributed by atoms with Gasteiger partial charge in [0.1, 0.15) is 0 Å². The molecule has 80 valence electrons. The van der Waals surface area contributed by atoms with E-state index in [0.717, 1.165) is 12.8 Å². The Bertz CT molecular complexity index is 138. The lowest BCUT2D eigenvalue weighted by atomic mass is 9.95. The molecule has 0 fully saturated rings. The van der Waals surface area contributed by atoms with E-state index in [1.807, 2.05) is 20.8 Å². The van der Waals surface area contributed by atoms with Crippen LogP contribution in [0.2, 0.25) is 0 Å². The first kappa shape index (κ1) is 12.8. The summed E-state index contributed by atoms with van der Waals surface area (Å²) in [5.74, 6) is 0. The summed E-state index contributed by atoms with van der Waals surface area (Å²) in [6.45, 7) is 5.92. The predicted molar refractivity (Wildman–Crippen MR) is 47.7 cm³/mol. The number of rotatable bonds is 5. The molecule has 0 unspecified atom stereocenters. The molecule has 13 heavy (non-hydrogen) atoms. The molecule has 0 aliphatic heterocycles. The Morgan fingerprint density at radius 2 is 1.54 bits per heavy atom. The molecule has 0 aliphatic carbocycles. The second kappa shape index (κ2) is 4.84. The first-order chi connectivity index (χ1) is 5.83. The lowest BCUT2D eigenvalue weighted by Crippen LogP contribution is -2.42. The van der Waals surface area contributed by atoms with Gasteiger partial charge in [-0.15, -0.1) is 0 Å². The second-order valence-electron chi connectivity index (χ2n) is 3.56. The van der Waals surface area contributed by atoms with Crippen molar-refractivity contribution in [3.8, 4) is 0 Å². The summed E-state index contributed by atoms with van der Waals surface area (Å²) < 4.78 is 35.4. The van der Waals surface area contributed by atoms with Crippen LogP contribution < -0.4 is 5.32 Å². The summed E-state index contributed by atoms with van der Waals surface area (Å²) in [5.41, 5.74) is -0.148. The first-order valence-corrected chi connectivity index (χ1v) is 4.65. The Kier molecular flexibility index (Phi) is 4.75. The second-order valence-corrected chi connectivity index (χ2v) is 3.56. The Hall–Kier alpha value is -0.250. The molecular formula is C9H18F3N. The van der Waals surface area contributed by atoms with Crippen LogP contribution in [-0.2, 0) is 0 Å². The van der Waals surface area contributed by atoms with E-state index in [-0.39, 0.29) is 12.1 Å². The van der Waals surface area contributed by atoms with Crippen molar-refractivity contribution in [2.45, 2.75) is 51.7 Å². The van der Waals surface area contributed by atoms with Crippen LogP contribution in [-0.4, -0.2) is 18.3 Å². The fourth-order valence-electron chi connectivity index (χ4n) is 1.01. The van der Waals surface area contributed by atoms with Crippen LogP contribution in [0.1, 0.15) is 40.0 Å². The number of alkyl halides is 3. The molecule has 0 rings (SSSR count). The van der Waals surface area contributed by atoms with E-state index in [0.29, 0.717) is 0 Å². The zero-order valence-corrected chi connectivity index (χ0v) is 8.46. The van der Waals surface area contributed by atoms with Crippen LogP contribution in [0.25, 0.3) is 0 Å². The number of nitrogens with one attached hydrogen (secondary N) is 1. The van der Waals surface area contributed by atoms with Gasteiger partial charge in [-0.1, -0.05) is 13.8 Å². The van der Waals surface area contributed by atoms with Crippen molar-refractivity contribution >= 4 is 0 Å².